The highest BCUT2D eigenvalue weighted by atomic mass is 32.1. The summed E-state index contributed by atoms with van der Waals surface area (Å²) < 4.78 is 13.0. The number of urea groups is 1. The SMILES string of the molecule is COc1ccc(OC)c(NC(=O)N2Cc3ccccc3-n3cccc3[C@H]2c2cccs2)c1. The zero-order chi connectivity index (χ0) is 22.1. The van der Waals surface area contributed by atoms with E-state index >= 15 is 0 Å². The average Bonchev–Trinajstić information content (AvgIpc) is 3.50. The zero-order valence-electron chi connectivity index (χ0n) is 17.8. The molecular weight excluding hydrogens is 422 g/mol. The fourth-order valence-corrected chi connectivity index (χ4v) is 5.03. The monoisotopic (exact) mass is 445 g/mol. The first-order valence-electron chi connectivity index (χ1n) is 10.3. The van der Waals surface area contributed by atoms with Crippen LogP contribution in [0.5, 0.6) is 11.5 Å². The van der Waals surface area contributed by atoms with Crippen molar-refractivity contribution < 1.29 is 14.3 Å². The number of carbonyl (C=O) groups excluding carboxylic acids is 1. The number of carbonyl (C=O) groups is 1. The molecule has 0 saturated heterocycles. The predicted molar refractivity (Wildman–Crippen MR) is 126 cm³/mol. The Morgan fingerprint density at radius 1 is 1.03 bits per heavy atom. The summed E-state index contributed by atoms with van der Waals surface area (Å²) in [5, 5.41) is 5.10. The predicted octanol–water partition coefficient (Wildman–Crippen LogP) is 5.69. The number of nitrogens with zero attached hydrogens (tertiary/aromatic N) is 2. The molecule has 0 unspecified atom stereocenters. The Kier molecular flexibility index (Phi) is 5.33. The lowest BCUT2D eigenvalue weighted by Gasteiger charge is -2.30. The summed E-state index contributed by atoms with van der Waals surface area (Å²) in [6.45, 7) is 0.471. The second-order valence-corrected chi connectivity index (χ2v) is 8.45. The van der Waals surface area contributed by atoms with Gasteiger partial charge in [-0.3, -0.25) is 0 Å². The van der Waals surface area contributed by atoms with E-state index < -0.39 is 0 Å². The number of methoxy groups -OCH3 is 2. The van der Waals surface area contributed by atoms with Gasteiger partial charge in [0.1, 0.15) is 17.5 Å². The standard InChI is InChI=1S/C25H23N3O3S/c1-30-18-11-12-22(31-2)19(15-18)26-25(29)28-16-17-7-3-4-8-20(17)27-13-5-9-21(27)24(28)23-10-6-14-32-23/h3-15,24H,16H2,1-2H3,(H,26,29)/t24-/m0/s1. The van der Waals surface area contributed by atoms with Crippen LogP contribution in [0.3, 0.4) is 0 Å². The first-order chi connectivity index (χ1) is 15.7. The number of aromatic nitrogens is 1. The van der Waals surface area contributed by atoms with Gasteiger partial charge < -0.3 is 24.3 Å². The zero-order valence-corrected chi connectivity index (χ0v) is 18.6. The molecule has 0 saturated carbocycles. The number of nitrogens with one attached hydrogen (secondary N) is 1. The molecule has 1 N–H and O–H groups in total. The number of fused-ring (bicyclic) bond motifs is 3. The lowest BCUT2D eigenvalue weighted by molar-refractivity contribution is 0.195. The van der Waals surface area contributed by atoms with Crippen molar-refractivity contribution in [1.29, 1.82) is 0 Å². The molecule has 2 amide bonds. The fraction of sp³-hybridized carbons (Fsp3) is 0.160. The summed E-state index contributed by atoms with van der Waals surface area (Å²) in [5.74, 6) is 1.22. The van der Waals surface area contributed by atoms with Crippen molar-refractivity contribution in [2.75, 3.05) is 19.5 Å². The Labute approximate surface area is 190 Å². The maximum Gasteiger partial charge on any atom is 0.323 e. The quantitative estimate of drug-likeness (QED) is 0.439. The lowest BCUT2D eigenvalue weighted by Crippen LogP contribution is -2.37. The van der Waals surface area contributed by atoms with Crippen LogP contribution in [0.2, 0.25) is 0 Å². The number of hydrogen-bond donors (Lipinski definition) is 1. The van der Waals surface area contributed by atoms with Crippen molar-refractivity contribution in [3.63, 3.8) is 0 Å². The Morgan fingerprint density at radius 2 is 1.91 bits per heavy atom. The van der Waals surface area contributed by atoms with Crippen LogP contribution >= 0.6 is 11.3 Å². The molecule has 5 rings (SSSR count). The number of benzene rings is 2. The molecule has 2 aromatic heterocycles. The molecule has 162 valence electrons. The molecule has 0 bridgehead atoms. The van der Waals surface area contributed by atoms with Gasteiger partial charge in [0.05, 0.1) is 37.8 Å². The van der Waals surface area contributed by atoms with Crippen molar-refractivity contribution in [2.45, 2.75) is 12.6 Å². The third-order valence-electron chi connectivity index (χ3n) is 5.69. The normalized spacial score (nSPS) is 14.8. The number of anilines is 1. The minimum atomic E-state index is -0.228. The number of ether oxygens (including phenoxy) is 2. The van der Waals surface area contributed by atoms with Crippen LogP contribution in [0.4, 0.5) is 10.5 Å². The largest absolute Gasteiger partial charge is 0.497 e. The van der Waals surface area contributed by atoms with Gasteiger partial charge >= 0.3 is 6.03 Å². The van der Waals surface area contributed by atoms with E-state index in [4.69, 9.17) is 9.47 Å². The van der Waals surface area contributed by atoms with Gasteiger partial charge in [-0.2, -0.15) is 0 Å². The maximum atomic E-state index is 13.7. The molecule has 1 aliphatic heterocycles. The van der Waals surface area contributed by atoms with Crippen LogP contribution in [0, 0.1) is 0 Å². The molecule has 2 aromatic carbocycles. The van der Waals surface area contributed by atoms with Crippen LogP contribution in [0.25, 0.3) is 5.69 Å². The highest BCUT2D eigenvalue weighted by molar-refractivity contribution is 7.10. The summed E-state index contributed by atoms with van der Waals surface area (Å²) in [6.07, 6.45) is 2.06. The van der Waals surface area contributed by atoms with E-state index in [0.29, 0.717) is 23.7 Å². The van der Waals surface area contributed by atoms with E-state index in [2.05, 4.69) is 40.3 Å². The van der Waals surface area contributed by atoms with Crippen molar-refractivity contribution >= 4 is 23.1 Å². The molecule has 0 fully saturated rings. The fourth-order valence-electron chi connectivity index (χ4n) is 4.18. The van der Waals surface area contributed by atoms with Crippen molar-refractivity contribution in [1.82, 2.24) is 9.47 Å². The molecule has 0 aliphatic carbocycles. The Hall–Kier alpha value is -3.71. The minimum Gasteiger partial charge on any atom is -0.497 e. The number of rotatable bonds is 4. The first kappa shape index (κ1) is 20.2. The Bertz CT molecular complexity index is 1250. The number of para-hydroxylation sites is 1. The molecule has 32 heavy (non-hydrogen) atoms. The topological polar surface area (TPSA) is 55.7 Å². The van der Waals surface area contributed by atoms with E-state index in [1.54, 1.807) is 43.8 Å². The lowest BCUT2D eigenvalue weighted by atomic mass is 10.1. The summed E-state index contributed by atoms with van der Waals surface area (Å²) in [7, 11) is 3.18. The van der Waals surface area contributed by atoms with Gasteiger partial charge in [0, 0.05) is 17.1 Å². The third kappa shape index (κ3) is 3.50. The smallest absolute Gasteiger partial charge is 0.323 e. The molecule has 4 aromatic rings. The van der Waals surface area contributed by atoms with Crippen molar-refractivity contribution in [3.8, 4) is 17.2 Å². The first-order valence-corrected chi connectivity index (χ1v) is 11.2. The second-order valence-electron chi connectivity index (χ2n) is 7.47. The van der Waals surface area contributed by atoms with E-state index in [1.165, 1.54) is 0 Å². The molecule has 0 radical (unpaired) electrons. The highest BCUT2D eigenvalue weighted by Crippen LogP contribution is 2.39. The summed E-state index contributed by atoms with van der Waals surface area (Å²) in [6, 6.07) is 21.3. The number of thiophene rings is 1. The molecule has 7 heteroatoms. The van der Waals surface area contributed by atoms with Crippen molar-refractivity contribution in [3.05, 3.63) is 94.4 Å². The maximum absolute atomic E-state index is 13.7. The molecule has 3 heterocycles. The van der Waals surface area contributed by atoms with E-state index in [9.17, 15) is 4.79 Å². The molecule has 0 spiro atoms. The third-order valence-corrected chi connectivity index (χ3v) is 6.61. The van der Waals surface area contributed by atoms with Crippen molar-refractivity contribution in [2.24, 2.45) is 0 Å². The summed E-state index contributed by atoms with van der Waals surface area (Å²) >= 11 is 1.65. The Balaban J connectivity index is 1.60. The van der Waals surface area contributed by atoms with Gasteiger partial charge in [0.25, 0.3) is 0 Å². The van der Waals surface area contributed by atoms with Gasteiger partial charge in [-0.15, -0.1) is 11.3 Å². The van der Waals surface area contributed by atoms with E-state index in [1.807, 2.05) is 34.5 Å². The van der Waals surface area contributed by atoms with E-state index in [0.717, 1.165) is 21.8 Å². The molecular formula is C25H23N3O3S. The van der Waals surface area contributed by atoms with Crippen LogP contribution in [-0.4, -0.2) is 29.7 Å². The van der Waals surface area contributed by atoms with Crippen LogP contribution in [-0.2, 0) is 6.54 Å². The van der Waals surface area contributed by atoms with Gasteiger partial charge in [-0.1, -0.05) is 24.3 Å². The Morgan fingerprint density at radius 3 is 2.69 bits per heavy atom. The van der Waals surface area contributed by atoms with Gasteiger partial charge in [0.2, 0.25) is 0 Å². The summed E-state index contributed by atoms with van der Waals surface area (Å²) in [4.78, 5) is 16.7. The average molecular weight is 446 g/mol. The second kappa shape index (κ2) is 8.43. The summed E-state index contributed by atoms with van der Waals surface area (Å²) in [5.41, 5.74) is 3.78. The van der Waals surface area contributed by atoms with Gasteiger partial charge in [-0.05, 0) is 47.3 Å². The molecule has 6 nitrogen and oxygen atoms in total. The number of hydrogen-bond acceptors (Lipinski definition) is 4. The van der Waals surface area contributed by atoms with Gasteiger partial charge in [0.15, 0.2) is 0 Å². The molecule has 1 atom stereocenters. The van der Waals surface area contributed by atoms with Crippen LogP contribution < -0.4 is 14.8 Å². The van der Waals surface area contributed by atoms with E-state index in [-0.39, 0.29) is 12.1 Å². The molecule has 1 aliphatic rings. The van der Waals surface area contributed by atoms with Crippen LogP contribution in [0.1, 0.15) is 22.2 Å². The number of amides is 2. The van der Waals surface area contributed by atoms with Crippen LogP contribution in [0.15, 0.2) is 78.3 Å². The van der Waals surface area contributed by atoms with Gasteiger partial charge in [-0.25, -0.2) is 4.79 Å². The minimum absolute atomic E-state index is 0.209. The highest BCUT2D eigenvalue weighted by Gasteiger charge is 2.33.